The number of nitrogens with zero attached hydrogens (tertiary/aromatic N) is 3. The molecule has 4 aromatic rings. The van der Waals surface area contributed by atoms with Crippen LogP contribution in [0, 0.1) is 17.1 Å². The standard InChI is InChI=1S/C29H25FN6O2/c1-29(2,3)36-16-25(26(35-36)18-9-7-17(14-31)8-10-18)34-28(38)33-24-12-11-19(13-23(24)30)20-5-4-6-21-22(20)15-32-27(21)37/h4-13,16H,15H2,1-3H3,(H,32,37)(H2,33,34,38). The van der Waals surface area contributed by atoms with Crippen molar-refractivity contribution in [2.75, 3.05) is 10.6 Å². The van der Waals surface area contributed by atoms with Gasteiger partial charge in [-0.15, -0.1) is 0 Å². The predicted octanol–water partition coefficient (Wildman–Crippen LogP) is 5.87. The number of rotatable bonds is 4. The molecule has 1 aliphatic heterocycles. The second-order valence-corrected chi connectivity index (χ2v) is 9.98. The predicted molar refractivity (Wildman–Crippen MR) is 143 cm³/mol. The molecule has 0 atom stereocenters. The fourth-order valence-corrected chi connectivity index (χ4v) is 4.31. The quantitative estimate of drug-likeness (QED) is 0.320. The van der Waals surface area contributed by atoms with Gasteiger partial charge in [-0.05, 0) is 67.8 Å². The minimum Gasteiger partial charge on any atom is -0.348 e. The molecule has 3 aromatic carbocycles. The monoisotopic (exact) mass is 508 g/mol. The molecular formula is C29H25FN6O2. The number of urea groups is 1. The van der Waals surface area contributed by atoms with Gasteiger partial charge in [-0.25, -0.2) is 9.18 Å². The summed E-state index contributed by atoms with van der Waals surface area (Å²) in [6, 6.07) is 18.2. The van der Waals surface area contributed by atoms with Crippen LogP contribution in [0.25, 0.3) is 22.4 Å². The molecule has 8 nitrogen and oxygen atoms in total. The first kappa shape index (κ1) is 24.7. The highest BCUT2D eigenvalue weighted by atomic mass is 19.1. The van der Waals surface area contributed by atoms with Gasteiger partial charge in [0, 0.05) is 23.9 Å². The second kappa shape index (κ2) is 9.48. The third-order valence-corrected chi connectivity index (χ3v) is 6.31. The Morgan fingerprint density at radius 3 is 2.39 bits per heavy atom. The lowest BCUT2D eigenvalue weighted by molar-refractivity contribution is 0.0965. The van der Waals surface area contributed by atoms with Crippen molar-refractivity contribution in [3.8, 4) is 28.5 Å². The lowest BCUT2D eigenvalue weighted by Crippen LogP contribution is -2.22. The van der Waals surface area contributed by atoms with E-state index in [4.69, 9.17) is 5.26 Å². The van der Waals surface area contributed by atoms with Crippen molar-refractivity contribution in [1.82, 2.24) is 15.1 Å². The highest BCUT2D eigenvalue weighted by Gasteiger charge is 2.23. The Morgan fingerprint density at radius 2 is 1.71 bits per heavy atom. The summed E-state index contributed by atoms with van der Waals surface area (Å²) in [7, 11) is 0. The maximum atomic E-state index is 15.1. The van der Waals surface area contributed by atoms with E-state index in [0.29, 0.717) is 34.6 Å². The number of carbonyl (C=O) groups is 2. The zero-order valence-corrected chi connectivity index (χ0v) is 21.1. The van der Waals surface area contributed by atoms with Crippen molar-refractivity contribution >= 4 is 23.3 Å². The third-order valence-electron chi connectivity index (χ3n) is 6.31. The van der Waals surface area contributed by atoms with E-state index in [-0.39, 0.29) is 17.1 Å². The first-order valence-corrected chi connectivity index (χ1v) is 12.0. The fraction of sp³-hybridized carbons (Fsp3) is 0.172. The van der Waals surface area contributed by atoms with Crippen molar-refractivity contribution in [3.63, 3.8) is 0 Å². The Balaban J connectivity index is 1.39. The highest BCUT2D eigenvalue weighted by Crippen LogP contribution is 2.32. The van der Waals surface area contributed by atoms with Gasteiger partial charge in [0.15, 0.2) is 0 Å². The Kier molecular flexibility index (Phi) is 6.17. The number of benzene rings is 3. The summed E-state index contributed by atoms with van der Waals surface area (Å²) < 4.78 is 16.8. The number of anilines is 2. The number of hydrogen-bond donors (Lipinski definition) is 3. The number of nitriles is 1. The van der Waals surface area contributed by atoms with Crippen LogP contribution in [-0.4, -0.2) is 21.7 Å². The summed E-state index contributed by atoms with van der Waals surface area (Å²) in [5, 5.41) is 21.9. The van der Waals surface area contributed by atoms with Gasteiger partial charge in [0.25, 0.3) is 5.91 Å². The number of aromatic nitrogens is 2. The summed E-state index contributed by atoms with van der Waals surface area (Å²) in [5.74, 6) is -0.752. The van der Waals surface area contributed by atoms with Gasteiger partial charge in [-0.1, -0.05) is 30.3 Å². The average molecular weight is 509 g/mol. The van der Waals surface area contributed by atoms with Gasteiger partial charge in [-0.3, -0.25) is 9.48 Å². The van der Waals surface area contributed by atoms with E-state index in [9.17, 15) is 9.59 Å². The molecule has 3 N–H and O–H groups in total. The molecule has 190 valence electrons. The van der Waals surface area contributed by atoms with Crippen LogP contribution in [0.2, 0.25) is 0 Å². The number of halogens is 1. The van der Waals surface area contributed by atoms with E-state index in [1.165, 1.54) is 12.1 Å². The molecule has 0 unspecified atom stereocenters. The van der Waals surface area contributed by atoms with Crippen molar-refractivity contribution in [1.29, 1.82) is 5.26 Å². The van der Waals surface area contributed by atoms with Crippen LogP contribution in [0.15, 0.2) is 66.9 Å². The number of amides is 3. The van der Waals surface area contributed by atoms with Crippen molar-refractivity contribution in [2.45, 2.75) is 32.9 Å². The van der Waals surface area contributed by atoms with Gasteiger partial charge < -0.3 is 16.0 Å². The van der Waals surface area contributed by atoms with Gasteiger partial charge in [0.05, 0.1) is 28.5 Å². The zero-order valence-electron chi connectivity index (χ0n) is 21.1. The zero-order chi connectivity index (χ0) is 27.0. The average Bonchev–Trinajstić information content (AvgIpc) is 3.49. The molecule has 38 heavy (non-hydrogen) atoms. The van der Waals surface area contributed by atoms with E-state index in [0.717, 1.165) is 16.7 Å². The SMILES string of the molecule is CC(C)(C)n1cc(NC(=O)Nc2ccc(-c3cccc4c3CNC4=O)cc2F)c(-c2ccc(C#N)cc2)n1. The summed E-state index contributed by atoms with van der Waals surface area (Å²) in [5.41, 5.74) is 4.63. The highest BCUT2D eigenvalue weighted by molar-refractivity contribution is 6.02. The molecular weight excluding hydrogens is 483 g/mol. The molecule has 0 aliphatic carbocycles. The first-order chi connectivity index (χ1) is 18.1. The van der Waals surface area contributed by atoms with Crippen LogP contribution in [0.4, 0.5) is 20.6 Å². The first-order valence-electron chi connectivity index (χ1n) is 12.0. The largest absolute Gasteiger partial charge is 0.348 e. The molecule has 1 aliphatic rings. The minimum atomic E-state index is -0.629. The minimum absolute atomic E-state index is 0.0103. The van der Waals surface area contributed by atoms with Gasteiger partial charge in [-0.2, -0.15) is 10.4 Å². The number of carbonyl (C=O) groups excluding carboxylic acids is 2. The van der Waals surface area contributed by atoms with Gasteiger partial charge in [0.1, 0.15) is 11.5 Å². The number of hydrogen-bond acceptors (Lipinski definition) is 4. The molecule has 5 rings (SSSR count). The lowest BCUT2D eigenvalue weighted by Gasteiger charge is -2.18. The molecule has 3 amide bonds. The van der Waals surface area contributed by atoms with E-state index in [1.807, 2.05) is 26.8 Å². The Morgan fingerprint density at radius 1 is 1.03 bits per heavy atom. The normalized spacial score (nSPS) is 12.4. The van der Waals surface area contributed by atoms with E-state index < -0.39 is 11.8 Å². The Bertz CT molecular complexity index is 1610. The Labute approximate surface area is 219 Å². The molecule has 0 radical (unpaired) electrons. The van der Waals surface area contributed by atoms with Crippen LogP contribution in [0.5, 0.6) is 0 Å². The van der Waals surface area contributed by atoms with Crippen LogP contribution in [-0.2, 0) is 12.1 Å². The third kappa shape index (κ3) is 4.72. The summed E-state index contributed by atoms with van der Waals surface area (Å²) >= 11 is 0. The molecule has 0 saturated carbocycles. The van der Waals surface area contributed by atoms with Crippen LogP contribution in [0.3, 0.4) is 0 Å². The maximum Gasteiger partial charge on any atom is 0.323 e. The van der Waals surface area contributed by atoms with Crippen molar-refractivity contribution in [3.05, 3.63) is 89.4 Å². The molecule has 0 fully saturated rings. The number of nitrogens with one attached hydrogen (secondary N) is 3. The molecule has 0 saturated heterocycles. The van der Waals surface area contributed by atoms with E-state index in [1.54, 1.807) is 53.3 Å². The van der Waals surface area contributed by atoms with Crippen LogP contribution in [0.1, 0.15) is 42.3 Å². The van der Waals surface area contributed by atoms with E-state index >= 15 is 4.39 Å². The topological polar surface area (TPSA) is 112 Å². The van der Waals surface area contributed by atoms with Crippen molar-refractivity contribution in [2.24, 2.45) is 0 Å². The Hall–Kier alpha value is -4.97. The molecule has 9 heteroatoms. The molecule has 1 aromatic heterocycles. The summed E-state index contributed by atoms with van der Waals surface area (Å²) in [6.07, 6.45) is 1.72. The van der Waals surface area contributed by atoms with Gasteiger partial charge in [0.2, 0.25) is 0 Å². The number of fused-ring (bicyclic) bond motifs is 1. The molecule has 0 bridgehead atoms. The smallest absolute Gasteiger partial charge is 0.323 e. The van der Waals surface area contributed by atoms with Gasteiger partial charge >= 0.3 is 6.03 Å². The maximum absolute atomic E-state index is 15.1. The molecule has 0 spiro atoms. The van der Waals surface area contributed by atoms with Crippen LogP contribution >= 0.6 is 0 Å². The van der Waals surface area contributed by atoms with E-state index in [2.05, 4.69) is 27.1 Å². The fourth-order valence-electron chi connectivity index (χ4n) is 4.31. The summed E-state index contributed by atoms with van der Waals surface area (Å²) in [6.45, 7) is 6.34. The van der Waals surface area contributed by atoms with Crippen LogP contribution < -0.4 is 16.0 Å². The second-order valence-electron chi connectivity index (χ2n) is 9.98. The lowest BCUT2D eigenvalue weighted by atomic mass is 9.96. The summed E-state index contributed by atoms with van der Waals surface area (Å²) in [4.78, 5) is 24.9. The molecule has 2 heterocycles. The van der Waals surface area contributed by atoms with Crippen molar-refractivity contribution < 1.29 is 14.0 Å².